The summed E-state index contributed by atoms with van der Waals surface area (Å²) in [7, 11) is 0. The van der Waals surface area contributed by atoms with Crippen molar-refractivity contribution < 1.29 is 4.90 Å². The van der Waals surface area contributed by atoms with E-state index in [1.807, 2.05) is 4.90 Å². The first-order valence-electron chi connectivity index (χ1n) is 6.88. The number of nitrogens with one attached hydrogen (secondary N) is 1. The van der Waals surface area contributed by atoms with Gasteiger partial charge in [0.2, 0.25) is 0 Å². The van der Waals surface area contributed by atoms with Crippen molar-refractivity contribution >= 4 is 6.15 Å². The minimum atomic E-state index is -2.04. The standard InChI is InChI=1S/C9H19N.C4H3BN3/c1-2-3-4-7-10-8-5-6-9-10;1-5(2-6,3-7)4-8/h2-9H2,1H3;1H3/q;-1/p+1. The number of hydrogen-bond acceptors (Lipinski definition) is 3. The van der Waals surface area contributed by atoms with E-state index in [1.54, 1.807) is 17.9 Å². The highest BCUT2D eigenvalue weighted by molar-refractivity contribution is 6.98. The zero-order valence-electron chi connectivity index (χ0n) is 11.6. The molecule has 0 bridgehead atoms. The van der Waals surface area contributed by atoms with E-state index in [0.717, 1.165) is 0 Å². The van der Waals surface area contributed by atoms with E-state index < -0.39 is 6.15 Å². The third-order valence-corrected chi connectivity index (χ3v) is 3.22. The van der Waals surface area contributed by atoms with E-state index in [0.29, 0.717) is 0 Å². The third kappa shape index (κ3) is 6.95. The number of hydrogen-bond donors (Lipinski definition) is 1. The molecule has 1 N–H and O–H groups in total. The summed E-state index contributed by atoms with van der Waals surface area (Å²) < 4.78 is 0. The molecule has 1 heterocycles. The first kappa shape index (κ1) is 16.5. The molecule has 18 heavy (non-hydrogen) atoms. The van der Waals surface area contributed by atoms with Gasteiger partial charge in [-0.05, 0) is 12.8 Å². The Morgan fingerprint density at radius 1 is 1.00 bits per heavy atom. The number of rotatable bonds is 4. The molecule has 0 spiro atoms. The maximum atomic E-state index is 8.12. The lowest BCUT2D eigenvalue weighted by molar-refractivity contribution is -0.887. The van der Waals surface area contributed by atoms with Crippen LogP contribution in [0.1, 0.15) is 39.0 Å². The largest absolute Gasteiger partial charge is 0.335 e. The summed E-state index contributed by atoms with van der Waals surface area (Å²) in [5.74, 6) is 4.85. The Morgan fingerprint density at radius 2 is 1.50 bits per heavy atom. The molecule has 0 unspecified atom stereocenters. The van der Waals surface area contributed by atoms with Crippen molar-refractivity contribution in [2.24, 2.45) is 0 Å². The van der Waals surface area contributed by atoms with E-state index >= 15 is 0 Å². The normalized spacial score (nSPS) is 14.8. The molecule has 1 aliphatic heterocycles. The second-order valence-corrected chi connectivity index (χ2v) is 5.10. The molecule has 1 aliphatic rings. The summed E-state index contributed by atoms with van der Waals surface area (Å²) in [5.41, 5.74) is 0. The first-order valence-corrected chi connectivity index (χ1v) is 6.88. The first-order chi connectivity index (χ1) is 8.61. The van der Waals surface area contributed by atoms with Gasteiger partial charge in [0.15, 0.2) is 0 Å². The van der Waals surface area contributed by atoms with E-state index in [9.17, 15) is 0 Å². The quantitative estimate of drug-likeness (QED) is 0.596. The number of nitrogens with zero attached hydrogens (tertiary/aromatic N) is 3. The summed E-state index contributed by atoms with van der Waals surface area (Å²) in [6.07, 6.45) is 5.16. The number of nitriles is 3. The van der Waals surface area contributed by atoms with Crippen LogP contribution in [0.15, 0.2) is 0 Å². The molecule has 1 saturated heterocycles. The number of unbranched alkanes of at least 4 members (excludes halogenated alkanes) is 2. The zero-order chi connectivity index (χ0) is 13.9. The lowest BCUT2D eigenvalue weighted by Gasteiger charge is -2.10. The van der Waals surface area contributed by atoms with Crippen LogP contribution in [0.2, 0.25) is 6.82 Å². The molecule has 0 saturated carbocycles. The zero-order valence-corrected chi connectivity index (χ0v) is 11.6. The summed E-state index contributed by atoms with van der Waals surface area (Å²) >= 11 is 0. The Balaban J connectivity index is 0.000000331. The average Bonchev–Trinajstić information content (AvgIpc) is 2.92. The van der Waals surface area contributed by atoms with Crippen molar-refractivity contribution in [1.82, 2.24) is 0 Å². The fourth-order valence-corrected chi connectivity index (χ4v) is 1.84. The smallest absolute Gasteiger partial charge is 0.296 e. The maximum Gasteiger partial charge on any atom is 0.296 e. The van der Waals surface area contributed by atoms with Gasteiger partial charge in [-0.3, -0.25) is 0 Å². The van der Waals surface area contributed by atoms with Gasteiger partial charge in [-0.1, -0.05) is 13.3 Å². The van der Waals surface area contributed by atoms with Gasteiger partial charge in [0.25, 0.3) is 6.15 Å². The third-order valence-electron chi connectivity index (χ3n) is 3.22. The van der Waals surface area contributed by atoms with Crippen molar-refractivity contribution in [3.8, 4) is 17.9 Å². The van der Waals surface area contributed by atoms with Crippen LogP contribution >= 0.6 is 0 Å². The topological polar surface area (TPSA) is 75.8 Å². The molecule has 0 aromatic heterocycles. The summed E-state index contributed by atoms with van der Waals surface area (Å²) in [5, 5.41) is 24.4. The Morgan fingerprint density at radius 3 is 1.83 bits per heavy atom. The van der Waals surface area contributed by atoms with Crippen molar-refractivity contribution in [2.45, 2.75) is 45.9 Å². The molecule has 4 nitrogen and oxygen atoms in total. The van der Waals surface area contributed by atoms with E-state index in [2.05, 4.69) is 6.92 Å². The molecule has 0 radical (unpaired) electrons. The SMILES string of the molecule is CCCCC[NH+]1CCCC1.C[B-](C#N)(C#N)C#N. The van der Waals surface area contributed by atoms with Gasteiger partial charge in [-0.15, -0.1) is 17.9 Å². The van der Waals surface area contributed by atoms with Gasteiger partial charge in [0, 0.05) is 12.8 Å². The maximum absolute atomic E-state index is 8.12. The van der Waals surface area contributed by atoms with E-state index in [-0.39, 0.29) is 0 Å². The van der Waals surface area contributed by atoms with Gasteiger partial charge in [0.05, 0.1) is 19.6 Å². The summed E-state index contributed by atoms with van der Waals surface area (Å²) in [6, 6.07) is 0. The molecule has 1 rings (SSSR count). The molecule has 0 aromatic rings. The van der Waals surface area contributed by atoms with Gasteiger partial charge in [-0.2, -0.15) is 6.82 Å². The van der Waals surface area contributed by atoms with Crippen LogP contribution < -0.4 is 4.90 Å². The number of quaternary nitrogens is 1. The molecule has 0 aliphatic carbocycles. The Labute approximate surface area is 111 Å². The van der Waals surface area contributed by atoms with Crippen LogP contribution in [0, 0.1) is 33.7 Å². The van der Waals surface area contributed by atoms with Crippen LogP contribution in [-0.2, 0) is 0 Å². The Hall–Kier alpha value is -1.51. The van der Waals surface area contributed by atoms with Gasteiger partial charge in [-0.25, -0.2) is 15.8 Å². The summed E-state index contributed by atoms with van der Waals surface area (Å²) in [4.78, 5) is 1.86. The highest BCUT2D eigenvalue weighted by Gasteiger charge is 2.15. The monoisotopic (exact) mass is 246 g/mol. The van der Waals surface area contributed by atoms with Gasteiger partial charge < -0.3 is 4.90 Å². The molecule has 0 atom stereocenters. The van der Waals surface area contributed by atoms with Crippen LogP contribution in [-0.4, -0.2) is 25.8 Å². The van der Waals surface area contributed by atoms with Crippen LogP contribution in [0.25, 0.3) is 0 Å². The second kappa shape index (κ2) is 9.52. The molecule has 0 aromatic carbocycles. The van der Waals surface area contributed by atoms with E-state index in [1.165, 1.54) is 58.6 Å². The molecule has 0 amide bonds. The lowest BCUT2D eigenvalue weighted by Crippen LogP contribution is -3.09. The van der Waals surface area contributed by atoms with Crippen molar-refractivity contribution in [3.05, 3.63) is 0 Å². The predicted octanol–water partition coefficient (Wildman–Crippen LogP) is 1.11. The highest BCUT2D eigenvalue weighted by atomic mass is 15.1. The molecule has 5 heteroatoms. The Bertz CT molecular complexity index is 305. The lowest BCUT2D eigenvalue weighted by atomic mass is 9.31. The Kier molecular flexibility index (Phi) is 8.72. The fraction of sp³-hybridized carbons (Fsp3) is 0.769. The number of likely N-dealkylation sites (tertiary alicyclic amines) is 1. The predicted molar refractivity (Wildman–Crippen MR) is 72.8 cm³/mol. The van der Waals surface area contributed by atoms with Crippen LogP contribution in [0.5, 0.6) is 0 Å². The van der Waals surface area contributed by atoms with Crippen molar-refractivity contribution in [1.29, 1.82) is 15.8 Å². The average molecular weight is 246 g/mol. The van der Waals surface area contributed by atoms with Gasteiger partial charge >= 0.3 is 0 Å². The van der Waals surface area contributed by atoms with E-state index in [4.69, 9.17) is 15.8 Å². The second-order valence-electron chi connectivity index (χ2n) is 5.10. The van der Waals surface area contributed by atoms with Gasteiger partial charge in [0.1, 0.15) is 0 Å². The summed E-state index contributed by atoms with van der Waals surface area (Å²) in [6.45, 7) is 7.95. The van der Waals surface area contributed by atoms with Crippen LogP contribution in [0.3, 0.4) is 0 Å². The fourth-order valence-electron chi connectivity index (χ4n) is 1.84. The molecule has 98 valence electrons. The highest BCUT2D eigenvalue weighted by Crippen LogP contribution is 1.93. The van der Waals surface area contributed by atoms with Crippen molar-refractivity contribution in [2.75, 3.05) is 19.6 Å². The van der Waals surface area contributed by atoms with Crippen molar-refractivity contribution in [3.63, 3.8) is 0 Å². The molecular weight excluding hydrogens is 223 g/mol. The van der Waals surface area contributed by atoms with Crippen LogP contribution in [0.4, 0.5) is 0 Å². The molecular formula is C13H23BN4. The molecule has 1 fully saturated rings. The minimum absolute atomic E-state index is 1.33. The minimum Gasteiger partial charge on any atom is -0.335 e.